The summed E-state index contributed by atoms with van der Waals surface area (Å²) in [5, 5.41) is 6.16. The second kappa shape index (κ2) is 21.4. The van der Waals surface area contributed by atoms with Crippen molar-refractivity contribution in [3.63, 3.8) is 0 Å². The Bertz CT molecular complexity index is 1160. The van der Waals surface area contributed by atoms with E-state index in [0.717, 1.165) is 42.8 Å². The molecule has 0 aliphatic rings. The Labute approximate surface area is 249 Å². The summed E-state index contributed by atoms with van der Waals surface area (Å²) in [5.74, 6) is -0.489. The SMILES string of the molecule is C=NN(/C=C(\C)c1cccc(C)c1)Cc1ccc(C(=NC)OC(=C)C(F)F)cc1Cl.CC(C)=O.CCCOCCC. The Morgan fingerprint density at radius 1 is 1.07 bits per heavy atom. The highest BCUT2D eigenvalue weighted by molar-refractivity contribution is 6.31. The monoisotopic (exact) mass is 591 g/mol. The fourth-order valence-corrected chi connectivity index (χ4v) is 3.34. The molecule has 0 aliphatic carbocycles. The molecule has 41 heavy (non-hydrogen) atoms. The van der Waals surface area contributed by atoms with E-state index in [1.165, 1.54) is 26.5 Å². The Kier molecular flexibility index (Phi) is 19.6. The quantitative estimate of drug-likeness (QED) is 0.0814. The van der Waals surface area contributed by atoms with Gasteiger partial charge < -0.3 is 14.3 Å². The van der Waals surface area contributed by atoms with Gasteiger partial charge in [-0.3, -0.25) is 10.0 Å². The number of allylic oxidation sites excluding steroid dienone is 2. The lowest BCUT2D eigenvalue weighted by Gasteiger charge is -2.17. The average Bonchev–Trinajstić information content (AvgIpc) is 2.92. The number of hydrogen-bond donors (Lipinski definition) is 0. The minimum atomic E-state index is -2.80. The molecule has 6 nitrogen and oxygen atoms in total. The number of carbonyl (C=O) groups is 1. The van der Waals surface area contributed by atoms with Crippen LogP contribution in [0.2, 0.25) is 5.02 Å². The minimum Gasteiger partial charge on any atom is -0.438 e. The highest BCUT2D eigenvalue weighted by Gasteiger charge is 2.16. The van der Waals surface area contributed by atoms with Gasteiger partial charge >= 0.3 is 0 Å². The number of hydrazone groups is 1. The summed E-state index contributed by atoms with van der Waals surface area (Å²) >= 11 is 6.41. The van der Waals surface area contributed by atoms with Crippen LogP contribution in [0.5, 0.6) is 0 Å². The van der Waals surface area contributed by atoms with Crippen molar-refractivity contribution >= 4 is 35.6 Å². The zero-order valence-electron chi connectivity index (χ0n) is 25.3. The highest BCUT2D eigenvalue weighted by Crippen LogP contribution is 2.23. The number of hydrogen-bond acceptors (Lipinski definition) is 6. The molecule has 0 spiro atoms. The minimum absolute atomic E-state index is 0.0163. The first-order valence-electron chi connectivity index (χ1n) is 13.3. The van der Waals surface area contributed by atoms with Gasteiger partial charge in [0.25, 0.3) is 6.43 Å². The Hall–Kier alpha value is -3.36. The first kappa shape index (κ1) is 37.6. The van der Waals surface area contributed by atoms with Crippen LogP contribution >= 0.6 is 11.6 Å². The van der Waals surface area contributed by atoms with Gasteiger partial charge in [-0.25, -0.2) is 8.78 Å². The maximum absolute atomic E-state index is 12.7. The van der Waals surface area contributed by atoms with Gasteiger partial charge in [0.05, 0.1) is 6.54 Å². The third-order valence-corrected chi connectivity index (χ3v) is 5.35. The molecule has 0 bridgehead atoms. The van der Waals surface area contributed by atoms with Crippen molar-refractivity contribution in [1.82, 2.24) is 5.01 Å². The summed E-state index contributed by atoms with van der Waals surface area (Å²) in [6.07, 6.45) is 1.37. The van der Waals surface area contributed by atoms with E-state index in [2.05, 4.69) is 43.3 Å². The van der Waals surface area contributed by atoms with Crippen LogP contribution < -0.4 is 0 Å². The molecule has 0 radical (unpaired) electrons. The average molecular weight is 592 g/mol. The number of carbonyl (C=O) groups excluding carboxylic acids is 1. The molecule has 0 heterocycles. The second-order valence-corrected chi connectivity index (χ2v) is 9.55. The van der Waals surface area contributed by atoms with E-state index in [4.69, 9.17) is 21.1 Å². The molecule has 2 rings (SSSR count). The van der Waals surface area contributed by atoms with Crippen molar-refractivity contribution in [3.05, 3.63) is 88.3 Å². The predicted octanol–water partition coefficient (Wildman–Crippen LogP) is 8.72. The van der Waals surface area contributed by atoms with Gasteiger partial charge in [0.15, 0.2) is 5.76 Å². The van der Waals surface area contributed by atoms with Gasteiger partial charge in [0, 0.05) is 43.8 Å². The van der Waals surface area contributed by atoms with Gasteiger partial charge in [-0.1, -0.05) is 67.9 Å². The van der Waals surface area contributed by atoms with Crippen molar-refractivity contribution in [2.75, 3.05) is 20.3 Å². The highest BCUT2D eigenvalue weighted by atomic mass is 35.5. The fourth-order valence-electron chi connectivity index (χ4n) is 3.10. The molecule has 0 aliphatic heterocycles. The molecular formula is C32H44ClF2N3O3. The first-order chi connectivity index (χ1) is 19.4. The normalized spacial score (nSPS) is 11.1. The van der Waals surface area contributed by atoms with E-state index in [1.54, 1.807) is 23.2 Å². The summed E-state index contributed by atoms with van der Waals surface area (Å²) in [6.45, 7) is 20.4. The molecule has 0 saturated heterocycles. The molecule has 2 aromatic carbocycles. The number of ether oxygens (including phenoxy) is 2. The van der Waals surface area contributed by atoms with Gasteiger partial charge in [0.1, 0.15) is 5.78 Å². The molecule has 0 saturated carbocycles. The van der Waals surface area contributed by atoms with Crippen molar-refractivity contribution in [2.45, 2.75) is 67.4 Å². The van der Waals surface area contributed by atoms with Crippen molar-refractivity contribution in [2.24, 2.45) is 10.1 Å². The van der Waals surface area contributed by atoms with Crippen LogP contribution in [0.25, 0.3) is 5.57 Å². The number of halogens is 3. The predicted molar refractivity (Wildman–Crippen MR) is 168 cm³/mol. The van der Waals surface area contributed by atoms with E-state index in [0.29, 0.717) is 17.1 Å². The number of rotatable bonds is 12. The summed E-state index contributed by atoms with van der Waals surface area (Å²) < 4.78 is 35.6. The molecule has 0 fully saturated rings. The van der Waals surface area contributed by atoms with Gasteiger partial charge in [-0.15, -0.1) is 0 Å². The molecule has 2 aromatic rings. The van der Waals surface area contributed by atoms with Crippen LogP contribution in [0.15, 0.2) is 71.1 Å². The second-order valence-electron chi connectivity index (χ2n) is 9.15. The zero-order valence-corrected chi connectivity index (χ0v) is 26.1. The van der Waals surface area contributed by atoms with Crippen molar-refractivity contribution < 1.29 is 23.0 Å². The lowest BCUT2D eigenvalue weighted by Crippen LogP contribution is -2.12. The van der Waals surface area contributed by atoms with E-state index in [-0.39, 0.29) is 11.7 Å². The molecule has 0 atom stereocenters. The molecule has 0 unspecified atom stereocenters. The van der Waals surface area contributed by atoms with E-state index in [9.17, 15) is 13.6 Å². The summed E-state index contributed by atoms with van der Waals surface area (Å²) in [7, 11) is 1.44. The van der Waals surface area contributed by atoms with E-state index >= 15 is 0 Å². The number of ketones is 1. The zero-order chi connectivity index (χ0) is 31.4. The number of aryl methyl sites for hydroxylation is 1. The number of aliphatic imine (C=N–C) groups is 1. The maximum atomic E-state index is 12.7. The first-order valence-corrected chi connectivity index (χ1v) is 13.7. The Morgan fingerprint density at radius 2 is 1.68 bits per heavy atom. The van der Waals surface area contributed by atoms with Gasteiger partial charge in [-0.2, -0.15) is 5.10 Å². The largest absolute Gasteiger partial charge is 0.438 e. The Balaban J connectivity index is 0.00000123. The third-order valence-electron chi connectivity index (χ3n) is 5.00. The molecular weight excluding hydrogens is 548 g/mol. The fraction of sp³-hybridized carbons (Fsp3) is 0.406. The standard InChI is InChI=1S/C23H24ClF2N3O.C6H14O.C3H6O/c1-15-7-6-8-18(11-15)16(2)13-29(28-5)14-20-10-9-19(12-21(20)24)23(27-4)30-17(3)22(25)26;1-3-5-7-6-4-2;1-3(2)4/h6-13,22H,3,5,14H2,1-2,4H3;3-6H2,1-2H3;1-2H3/b16-13+,27-23?;;. The van der Waals surface area contributed by atoms with Crippen LogP contribution in [-0.2, 0) is 20.8 Å². The molecule has 0 N–H and O–H groups in total. The number of benzene rings is 2. The topological polar surface area (TPSA) is 63.5 Å². The molecule has 9 heteroatoms. The Morgan fingerprint density at radius 3 is 2.15 bits per heavy atom. The summed E-state index contributed by atoms with van der Waals surface area (Å²) in [5.41, 5.74) is 4.53. The van der Waals surface area contributed by atoms with E-state index in [1.807, 2.05) is 38.2 Å². The van der Waals surface area contributed by atoms with Crippen LogP contribution in [0, 0.1) is 6.92 Å². The molecule has 0 aromatic heterocycles. The smallest absolute Gasteiger partial charge is 0.294 e. The third kappa shape index (κ3) is 16.5. The van der Waals surface area contributed by atoms with Crippen LogP contribution in [0.1, 0.15) is 69.7 Å². The van der Waals surface area contributed by atoms with E-state index < -0.39 is 12.2 Å². The lowest BCUT2D eigenvalue weighted by atomic mass is 10.1. The lowest BCUT2D eigenvalue weighted by molar-refractivity contribution is -0.115. The molecule has 226 valence electrons. The van der Waals surface area contributed by atoms with Crippen LogP contribution in [-0.4, -0.2) is 50.1 Å². The van der Waals surface area contributed by atoms with Gasteiger partial charge in [-0.05, 0) is 69.4 Å². The van der Waals surface area contributed by atoms with Crippen molar-refractivity contribution in [3.8, 4) is 0 Å². The summed E-state index contributed by atoms with van der Waals surface area (Å²) in [4.78, 5) is 13.3. The number of alkyl halides is 2. The maximum Gasteiger partial charge on any atom is 0.294 e. The number of nitrogens with zero attached hydrogens (tertiary/aromatic N) is 3. The van der Waals surface area contributed by atoms with Crippen LogP contribution in [0.4, 0.5) is 8.78 Å². The number of Topliss-reactive ketones (excluding diaryl/α,β-unsaturated/α-hetero) is 1. The van der Waals surface area contributed by atoms with Crippen molar-refractivity contribution in [1.29, 1.82) is 0 Å². The van der Waals surface area contributed by atoms with Crippen LogP contribution in [0.3, 0.4) is 0 Å². The summed E-state index contributed by atoms with van der Waals surface area (Å²) in [6, 6.07) is 13.2. The van der Waals surface area contributed by atoms with Gasteiger partial charge in [0.2, 0.25) is 5.90 Å². The molecule has 0 amide bonds.